The van der Waals surface area contributed by atoms with E-state index >= 15 is 4.39 Å². The minimum absolute atomic E-state index is 0.0160. The maximum Gasteiger partial charge on any atom is 0.314 e. The van der Waals surface area contributed by atoms with Gasteiger partial charge in [-0.15, -0.1) is 10.2 Å². The van der Waals surface area contributed by atoms with Crippen LogP contribution in [-0.2, 0) is 21.3 Å². The van der Waals surface area contributed by atoms with Crippen molar-refractivity contribution in [1.29, 1.82) is 0 Å². The summed E-state index contributed by atoms with van der Waals surface area (Å²) in [6.45, 7) is 4.29. The number of nitrogens with zero attached hydrogens (tertiary/aromatic N) is 5. The molecule has 0 saturated carbocycles. The number of anilines is 1. The second-order valence-electron chi connectivity index (χ2n) is 9.54. The number of rotatable bonds is 10. The topological polar surface area (TPSA) is 92.0 Å². The summed E-state index contributed by atoms with van der Waals surface area (Å²) < 4.78 is 92.8. The molecule has 15 heteroatoms. The lowest BCUT2D eigenvalue weighted by Gasteiger charge is -2.42. The van der Waals surface area contributed by atoms with Crippen LogP contribution in [0.1, 0.15) is 17.9 Å². The molecule has 0 unspecified atom stereocenters. The second kappa shape index (κ2) is 12.0. The third-order valence-corrected chi connectivity index (χ3v) is 8.98. The molecular weight excluding hydrogens is 578 g/mol. The fraction of sp³-hybridized carbons (Fsp3) is 0.440. The maximum atomic E-state index is 15.2. The van der Waals surface area contributed by atoms with Crippen molar-refractivity contribution >= 4 is 27.3 Å². The quantitative estimate of drug-likeness (QED) is 0.322. The fourth-order valence-electron chi connectivity index (χ4n) is 4.53. The van der Waals surface area contributed by atoms with Crippen LogP contribution in [0.5, 0.6) is 0 Å². The number of ether oxygens (including phenoxy) is 1. The van der Waals surface area contributed by atoms with Gasteiger partial charge in [-0.05, 0) is 30.3 Å². The van der Waals surface area contributed by atoms with Crippen LogP contribution >= 0.6 is 11.6 Å². The first-order chi connectivity index (χ1) is 19.1. The normalized spacial score (nSPS) is 17.4. The van der Waals surface area contributed by atoms with E-state index in [1.54, 1.807) is 0 Å². The number of halogens is 5. The van der Waals surface area contributed by atoms with Crippen LogP contribution < -0.4 is 4.31 Å². The summed E-state index contributed by atoms with van der Waals surface area (Å²) in [6, 6.07) is 7.53. The first-order valence-electron chi connectivity index (χ1n) is 12.5. The van der Waals surface area contributed by atoms with Crippen molar-refractivity contribution in [3.63, 3.8) is 0 Å². The van der Waals surface area contributed by atoms with Gasteiger partial charge in [0.05, 0.1) is 42.3 Å². The van der Waals surface area contributed by atoms with Crippen LogP contribution in [0.2, 0.25) is 5.02 Å². The monoisotopic (exact) mass is 603 g/mol. The number of hydrogen-bond donors (Lipinski definition) is 0. The Balaban J connectivity index is 1.33. The smallest absolute Gasteiger partial charge is 0.314 e. The lowest BCUT2D eigenvalue weighted by atomic mass is 10.1. The molecule has 0 aliphatic carbocycles. The van der Waals surface area contributed by atoms with Crippen LogP contribution in [0.25, 0.3) is 11.5 Å². The molecule has 2 aliphatic heterocycles. The Labute approximate surface area is 233 Å². The Bertz CT molecular complexity index is 1450. The van der Waals surface area contributed by atoms with Gasteiger partial charge >= 0.3 is 6.43 Å². The van der Waals surface area contributed by atoms with E-state index < -0.39 is 40.5 Å². The second-order valence-corrected chi connectivity index (χ2v) is 12.0. The maximum absolute atomic E-state index is 15.2. The Morgan fingerprint density at radius 2 is 1.77 bits per heavy atom. The summed E-state index contributed by atoms with van der Waals surface area (Å²) in [4.78, 5) is 4.38. The molecule has 5 rings (SSSR count). The summed E-state index contributed by atoms with van der Waals surface area (Å²) >= 11 is 5.94. The summed E-state index contributed by atoms with van der Waals surface area (Å²) in [5.41, 5.74) is 0.105. The van der Waals surface area contributed by atoms with Gasteiger partial charge in [-0.1, -0.05) is 17.7 Å². The van der Waals surface area contributed by atoms with Crippen molar-refractivity contribution in [2.45, 2.75) is 19.0 Å². The molecule has 2 saturated heterocycles. The van der Waals surface area contributed by atoms with Gasteiger partial charge in [0.25, 0.3) is 5.89 Å². The summed E-state index contributed by atoms with van der Waals surface area (Å²) in [7, 11) is -4.03. The number of piperazine rings is 1. The highest BCUT2D eigenvalue weighted by molar-refractivity contribution is 7.92. The average Bonchev–Trinajstić information content (AvgIpc) is 3.39. The number of hydrogen-bond acceptors (Lipinski definition) is 8. The van der Waals surface area contributed by atoms with Crippen molar-refractivity contribution in [2.24, 2.45) is 0 Å². The van der Waals surface area contributed by atoms with Gasteiger partial charge in [0, 0.05) is 43.9 Å². The fourth-order valence-corrected chi connectivity index (χ4v) is 6.19. The van der Waals surface area contributed by atoms with E-state index in [-0.39, 0.29) is 40.0 Å². The molecule has 0 radical (unpaired) electrons. The van der Waals surface area contributed by atoms with Gasteiger partial charge < -0.3 is 9.15 Å². The van der Waals surface area contributed by atoms with Gasteiger partial charge in [0.1, 0.15) is 11.6 Å². The van der Waals surface area contributed by atoms with Crippen LogP contribution in [-0.4, -0.2) is 86.1 Å². The molecule has 0 bridgehead atoms. The Morgan fingerprint density at radius 1 is 1.02 bits per heavy atom. The molecule has 216 valence electrons. The molecule has 2 aromatic carbocycles. The summed E-state index contributed by atoms with van der Waals surface area (Å²) in [5, 5.41) is 6.45. The number of benzene rings is 2. The first kappa shape index (κ1) is 28.7. The van der Waals surface area contributed by atoms with Crippen LogP contribution in [0, 0.1) is 11.6 Å². The molecule has 0 spiro atoms. The Morgan fingerprint density at radius 3 is 2.38 bits per heavy atom. The van der Waals surface area contributed by atoms with Gasteiger partial charge in [0.15, 0.2) is 0 Å². The van der Waals surface area contributed by atoms with E-state index in [9.17, 15) is 21.6 Å². The first-order valence-corrected chi connectivity index (χ1v) is 14.5. The van der Waals surface area contributed by atoms with Gasteiger partial charge in [-0.25, -0.2) is 17.2 Å². The highest BCUT2D eigenvalue weighted by Crippen LogP contribution is 2.29. The Kier molecular flexibility index (Phi) is 8.61. The van der Waals surface area contributed by atoms with E-state index in [1.807, 2.05) is 0 Å². The van der Waals surface area contributed by atoms with Crippen molar-refractivity contribution in [1.82, 2.24) is 20.0 Å². The molecule has 3 heterocycles. The molecule has 1 aromatic heterocycles. The number of aromatic nitrogens is 2. The van der Waals surface area contributed by atoms with Gasteiger partial charge in [0.2, 0.25) is 15.9 Å². The molecule has 0 N–H and O–H groups in total. The standard InChI is InChI=1S/C25H26ClF4N5O4S/c26-20-12-18(3-4-21(20)27)35(40(36,37)10-9-33-5-7-34(8-6-33)19-14-38-15-19)13-17-2-1-16(11-22(17)28)24-31-32-25(39-24)23(29)30/h1-4,11-12,19,23H,5-10,13-15H2. The van der Waals surface area contributed by atoms with Crippen molar-refractivity contribution in [3.8, 4) is 11.5 Å². The number of sulfonamides is 1. The third kappa shape index (κ3) is 6.41. The van der Waals surface area contributed by atoms with E-state index in [0.717, 1.165) is 29.5 Å². The van der Waals surface area contributed by atoms with Crippen LogP contribution in [0.15, 0.2) is 40.8 Å². The molecule has 3 aromatic rings. The molecule has 2 aliphatic rings. The third-order valence-electron chi connectivity index (χ3n) is 6.98. The van der Waals surface area contributed by atoms with E-state index in [2.05, 4.69) is 20.0 Å². The van der Waals surface area contributed by atoms with E-state index in [4.69, 9.17) is 20.8 Å². The molecule has 9 nitrogen and oxygen atoms in total. The van der Waals surface area contributed by atoms with E-state index in [1.165, 1.54) is 24.3 Å². The molecule has 0 amide bonds. The van der Waals surface area contributed by atoms with Gasteiger partial charge in [-0.3, -0.25) is 14.1 Å². The zero-order valence-corrected chi connectivity index (χ0v) is 22.7. The summed E-state index contributed by atoms with van der Waals surface area (Å²) in [6.07, 6.45) is -2.98. The van der Waals surface area contributed by atoms with E-state index in [0.29, 0.717) is 32.3 Å². The zero-order chi connectivity index (χ0) is 28.4. The zero-order valence-electron chi connectivity index (χ0n) is 21.1. The predicted molar refractivity (Wildman–Crippen MR) is 139 cm³/mol. The van der Waals surface area contributed by atoms with Crippen molar-refractivity contribution in [2.75, 3.05) is 56.0 Å². The lowest BCUT2D eigenvalue weighted by Crippen LogP contribution is -2.57. The number of alkyl halides is 2. The van der Waals surface area contributed by atoms with Crippen molar-refractivity contribution < 1.29 is 35.1 Å². The van der Waals surface area contributed by atoms with Gasteiger partial charge in [-0.2, -0.15) is 8.78 Å². The van der Waals surface area contributed by atoms with Crippen LogP contribution in [0.4, 0.5) is 23.2 Å². The SMILES string of the molecule is O=S(=O)(CCN1CCN(C2COC2)CC1)N(Cc1ccc(-c2nnc(C(F)F)o2)cc1F)c1ccc(F)c(Cl)c1. The van der Waals surface area contributed by atoms with Crippen LogP contribution in [0.3, 0.4) is 0 Å². The highest BCUT2D eigenvalue weighted by atomic mass is 35.5. The minimum atomic E-state index is -4.03. The molecule has 2 fully saturated rings. The molecular formula is C25H26ClF4N5O4S. The summed E-state index contributed by atoms with van der Waals surface area (Å²) in [5.74, 6) is -3.01. The lowest BCUT2D eigenvalue weighted by molar-refractivity contribution is -0.0764. The van der Waals surface area contributed by atoms with Crippen molar-refractivity contribution in [3.05, 3.63) is 64.5 Å². The predicted octanol–water partition coefficient (Wildman–Crippen LogP) is 3.96. The largest absolute Gasteiger partial charge is 0.415 e. The minimum Gasteiger partial charge on any atom is -0.415 e. The highest BCUT2D eigenvalue weighted by Gasteiger charge is 2.30. The Hall–Kier alpha value is -2.78. The molecule has 0 atom stereocenters. The average molecular weight is 604 g/mol. The molecule has 40 heavy (non-hydrogen) atoms.